The number of nitrogens with two attached hydrogens (primary N) is 1. The van der Waals surface area contributed by atoms with E-state index in [-0.39, 0.29) is 16.3 Å². The third kappa shape index (κ3) is 3.59. The largest absolute Gasteiger partial charge is 0.435 e. The number of hydrogen-bond acceptors (Lipinski definition) is 3. The summed E-state index contributed by atoms with van der Waals surface area (Å²) in [5.74, 6) is 0. The van der Waals surface area contributed by atoms with Crippen molar-refractivity contribution in [2.75, 3.05) is 0 Å². The summed E-state index contributed by atoms with van der Waals surface area (Å²) in [7, 11) is -4.18. The fourth-order valence-electron chi connectivity index (χ4n) is 2.40. The topological polar surface area (TPSA) is 78.0 Å². The van der Waals surface area contributed by atoms with Gasteiger partial charge in [-0.2, -0.15) is 18.3 Å². The van der Waals surface area contributed by atoms with Gasteiger partial charge in [0.25, 0.3) is 0 Å². The summed E-state index contributed by atoms with van der Waals surface area (Å²) in [6.45, 7) is 0. The van der Waals surface area contributed by atoms with E-state index in [1.807, 2.05) is 0 Å². The summed E-state index contributed by atoms with van der Waals surface area (Å²) in [4.78, 5) is -0.341. The molecular weight excluding hydrogens is 391 g/mol. The summed E-state index contributed by atoms with van der Waals surface area (Å²) >= 11 is 5.82. The van der Waals surface area contributed by atoms with Crippen molar-refractivity contribution < 1.29 is 21.6 Å². The van der Waals surface area contributed by atoms with Crippen molar-refractivity contribution in [3.05, 3.63) is 65.3 Å². The number of benzene rings is 2. The molecule has 1 aromatic heterocycles. The Kier molecular flexibility index (Phi) is 4.55. The first-order valence-corrected chi connectivity index (χ1v) is 9.05. The molecule has 0 saturated carbocycles. The third-order valence-electron chi connectivity index (χ3n) is 3.54. The average Bonchev–Trinajstić information content (AvgIpc) is 3.00. The Morgan fingerprint density at radius 2 is 1.65 bits per heavy atom. The predicted molar refractivity (Wildman–Crippen MR) is 90.4 cm³/mol. The van der Waals surface area contributed by atoms with Gasteiger partial charge in [-0.15, -0.1) is 0 Å². The number of aromatic nitrogens is 2. The molecule has 0 bridgehead atoms. The Morgan fingerprint density at radius 3 is 2.23 bits per heavy atom. The van der Waals surface area contributed by atoms with Crippen molar-refractivity contribution in [3.63, 3.8) is 0 Å². The maximum atomic E-state index is 13.2. The molecule has 0 amide bonds. The number of halogens is 4. The monoisotopic (exact) mass is 401 g/mol. The lowest BCUT2D eigenvalue weighted by Gasteiger charge is -2.11. The zero-order valence-electron chi connectivity index (χ0n) is 12.9. The van der Waals surface area contributed by atoms with Crippen molar-refractivity contribution in [2.45, 2.75) is 11.1 Å². The first kappa shape index (κ1) is 18.4. The van der Waals surface area contributed by atoms with Crippen LogP contribution >= 0.6 is 11.6 Å². The normalized spacial score (nSPS) is 12.3. The lowest BCUT2D eigenvalue weighted by Crippen LogP contribution is -2.16. The summed E-state index contributed by atoms with van der Waals surface area (Å²) in [6, 6.07) is 12.3. The summed E-state index contributed by atoms with van der Waals surface area (Å²) < 4.78 is 64.1. The first-order chi connectivity index (χ1) is 12.1. The number of nitrogens with zero attached hydrogens (tertiary/aromatic N) is 2. The van der Waals surface area contributed by atoms with E-state index in [1.54, 1.807) is 0 Å². The second-order valence-electron chi connectivity index (χ2n) is 5.34. The Morgan fingerprint density at radius 1 is 1.04 bits per heavy atom. The highest BCUT2D eigenvalue weighted by Gasteiger charge is 2.35. The zero-order valence-corrected chi connectivity index (χ0v) is 14.5. The fraction of sp³-hybridized carbons (Fsp3) is 0.0625. The Balaban J connectivity index is 2.31. The molecule has 0 aliphatic heterocycles. The highest BCUT2D eigenvalue weighted by atomic mass is 35.5. The Labute approximate surface area is 151 Å². The van der Waals surface area contributed by atoms with E-state index >= 15 is 0 Å². The van der Waals surface area contributed by atoms with E-state index in [0.29, 0.717) is 10.6 Å². The van der Waals surface area contributed by atoms with E-state index in [9.17, 15) is 21.6 Å². The standard InChI is InChI=1S/C16H11ClF3N3O2S/c17-11-7-5-10(6-8-11)13-9-15(16(18,19)20)22-23(13)12-3-1-2-4-14(12)26(21,24)25/h1-9H,(H2,21,24,25). The third-order valence-corrected chi connectivity index (χ3v) is 4.75. The van der Waals surface area contributed by atoms with E-state index in [0.717, 1.165) is 10.7 Å². The molecule has 2 N–H and O–H groups in total. The van der Waals surface area contributed by atoms with Crippen LogP contribution in [-0.4, -0.2) is 18.2 Å². The quantitative estimate of drug-likeness (QED) is 0.723. The van der Waals surface area contributed by atoms with Crippen LogP contribution in [-0.2, 0) is 16.2 Å². The minimum Gasteiger partial charge on any atom is -0.231 e. The van der Waals surface area contributed by atoms with Gasteiger partial charge < -0.3 is 0 Å². The minimum absolute atomic E-state index is 0.0464. The Bertz CT molecular complexity index is 1060. The van der Waals surface area contributed by atoms with Gasteiger partial charge in [0.2, 0.25) is 10.0 Å². The molecule has 0 unspecified atom stereocenters. The highest BCUT2D eigenvalue weighted by molar-refractivity contribution is 7.89. The van der Waals surface area contributed by atoms with Crippen LogP contribution < -0.4 is 5.14 Å². The van der Waals surface area contributed by atoms with E-state index < -0.39 is 21.9 Å². The van der Waals surface area contributed by atoms with Crippen molar-refractivity contribution in [1.82, 2.24) is 9.78 Å². The SMILES string of the molecule is NS(=O)(=O)c1ccccc1-n1nc(C(F)(F)F)cc1-c1ccc(Cl)cc1. The summed E-state index contributed by atoms with van der Waals surface area (Å²) in [5, 5.41) is 9.15. The van der Waals surface area contributed by atoms with Crippen LogP contribution in [0.3, 0.4) is 0 Å². The molecule has 5 nitrogen and oxygen atoms in total. The smallest absolute Gasteiger partial charge is 0.231 e. The minimum atomic E-state index is -4.71. The number of sulfonamides is 1. The molecule has 0 fully saturated rings. The number of para-hydroxylation sites is 1. The van der Waals surface area contributed by atoms with Gasteiger partial charge >= 0.3 is 6.18 Å². The van der Waals surface area contributed by atoms with Crippen LogP contribution in [0.2, 0.25) is 5.02 Å². The second kappa shape index (κ2) is 6.42. The van der Waals surface area contributed by atoms with Gasteiger partial charge in [-0.3, -0.25) is 0 Å². The molecule has 0 atom stereocenters. The molecule has 0 saturated heterocycles. The second-order valence-corrected chi connectivity index (χ2v) is 7.31. The van der Waals surface area contributed by atoms with Crippen LogP contribution in [0.15, 0.2) is 59.5 Å². The number of hydrogen-bond donors (Lipinski definition) is 1. The molecule has 0 aliphatic carbocycles. The van der Waals surface area contributed by atoms with Gasteiger partial charge in [0.05, 0.1) is 11.4 Å². The van der Waals surface area contributed by atoms with Gasteiger partial charge in [-0.05, 0) is 30.3 Å². The molecule has 1 heterocycles. The van der Waals surface area contributed by atoms with Crippen LogP contribution in [0.25, 0.3) is 16.9 Å². The van der Waals surface area contributed by atoms with Crippen molar-refractivity contribution >= 4 is 21.6 Å². The van der Waals surface area contributed by atoms with Gasteiger partial charge in [0, 0.05) is 10.6 Å². The van der Waals surface area contributed by atoms with Crippen molar-refractivity contribution in [2.24, 2.45) is 5.14 Å². The van der Waals surface area contributed by atoms with Gasteiger partial charge in [0.1, 0.15) is 4.90 Å². The molecule has 2 aromatic carbocycles. The number of primary sulfonamides is 1. The van der Waals surface area contributed by atoms with Crippen molar-refractivity contribution in [1.29, 1.82) is 0 Å². The molecule has 26 heavy (non-hydrogen) atoms. The van der Waals surface area contributed by atoms with Crippen molar-refractivity contribution in [3.8, 4) is 16.9 Å². The number of alkyl halides is 3. The maximum Gasteiger partial charge on any atom is 0.435 e. The molecule has 0 spiro atoms. The van der Waals surface area contributed by atoms with E-state index in [4.69, 9.17) is 16.7 Å². The van der Waals surface area contributed by atoms with Gasteiger partial charge in [-0.25, -0.2) is 18.2 Å². The molecule has 3 rings (SSSR count). The molecular formula is C16H11ClF3N3O2S. The zero-order chi connectivity index (χ0) is 19.1. The van der Waals surface area contributed by atoms with Crippen LogP contribution in [0.4, 0.5) is 13.2 Å². The van der Waals surface area contributed by atoms with E-state index in [2.05, 4.69) is 5.10 Å². The Hall–Kier alpha value is -2.36. The average molecular weight is 402 g/mol. The fourth-order valence-corrected chi connectivity index (χ4v) is 3.24. The maximum absolute atomic E-state index is 13.2. The molecule has 0 radical (unpaired) electrons. The molecule has 0 aliphatic rings. The first-order valence-electron chi connectivity index (χ1n) is 7.13. The molecule has 10 heteroatoms. The molecule has 136 valence electrons. The lowest BCUT2D eigenvalue weighted by molar-refractivity contribution is -0.141. The van der Waals surface area contributed by atoms with Crippen LogP contribution in [0.5, 0.6) is 0 Å². The summed E-state index contributed by atoms with van der Waals surface area (Å²) in [5.41, 5.74) is -0.825. The highest BCUT2D eigenvalue weighted by Crippen LogP contribution is 2.34. The summed E-state index contributed by atoms with van der Waals surface area (Å²) in [6.07, 6.45) is -4.71. The number of rotatable bonds is 3. The van der Waals surface area contributed by atoms with Crippen LogP contribution in [0.1, 0.15) is 5.69 Å². The van der Waals surface area contributed by atoms with E-state index in [1.165, 1.54) is 48.5 Å². The van der Waals surface area contributed by atoms with Gasteiger partial charge in [-0.1, -0.05) is 35.9 Å². The van der Waals surface area contributed by atoms with Gasteiger partial charge in [0.15, 0.2) is 5.69 Å². The predicted octanol–water partition coefficient (Wildman–Crippen LogP) is 3.86. The molecule has 3 aromatic rings. The lowest BCUT2D eigenvalue weighted by atomic mass is 10.1. The van der Waals surface area contributed by atoms with Crippen LogP contribution in [0, 0.1) is 0 Å².